The van der Waals surface area contributed by atoms with Gasteiger partial charge in [-0.15, -0.1) is 0 Å². The minimum absolute atomic E-state index is 0.477. The van der Waals surface area contributed by atoms with Gasteiger partial charge in [0.2, 0.25) is 0 Å². The Balaban J connectivity index is 1.15. The number of carbonyl (C=O) groups is 2. The van der Waals surface area contributed by atoms with Gasteiger partial charge in [-0.25, -0.2) is 19.6 Å². The van der Waals surface area contributed by atoms with E-state index in [0.717, 1.165) is 44.3 Å². The lowest BCUT2D eigenvalue weighted by Crippen LogP contribution is -2.37. The zero-order chi connectivity index (χ0) is 29.3. The van der Waals surface area contributed by atoms with E-state index in [1.165, 1.54) is 12.2 Å². The van der Waals surface area contributed by atoms with E-state index in [4.69, 9.17) is 9.47 Å². The van der Waals surface area contributed by atoms with Gasteiger partial charge < -0.3 is 18.6 Å². The third kappa shape index (κ3) is 7.83. The van der Waals surface area contributed by atoms with Crippen molar-refractivity contribution in [3.63, 3.8) is 0 Å². The molecule has 2 aromatic heterocycles. The Morgan fingerprint density at radius 3 is 1.52 bits per heavy atom. The predicted molar refractivity (Wildman–Crippen MR) is 164 cm³/mol. The number of nitrogens with zero attached hydrogens (tertiary/aromatic N) is 4. The van der Waals surface area contributed by atoms with E-state index in [-0.39, 0.29) is 0 Å². The number of hydrogen-bond acceptors (Lipinski definition) is 8. The molecule has 1 saturated carbocycles. The molecular formula is C32H32N4O4S2. The second kappa shape index (κ2) is 14.2. The average molecular weight is 601 g/mol. The SMILES string of the molecule is Cn1c(/C=C/C(=O)O[C@H]2CCCC[C@@H]2OC(=O)/C=C/c2cnc(Sc3ccccc3)n2C)cnc1Sc1ccccc1. The number of hydrogen-bond donors (Lipinski definition) is 0. The third-order valence-corrected chi connectivity index (χ3v) is 8.96. The number of ether oxygens (including phenoxy) is 2. The van der Waals surface area contributed by atoms with E-state index in [0.29, 0.717) is 12.8 Å². The molecule has 10 heteroatoms. The molecule has 0 saturated heterocycles. The highest BCUT2D eigenvalue weighted by Gasteiger charge is 2.30. The van der Waals surface area contributed by atoms with E-state index in [9.17, 15) is 9.59 Å². The van der Waals surface area contributed by atoms with E-state index in [2.05, 4.69) is 9.97 Å². The van der Waals surface area contributed by atoms with Crippen LogP contribution in [-0.4, -0.2) is 43.2 Å². The fourth-order valence-corrected chi connectivity index (χ4v) is 6.22. The summed E-state index contributed by atoms with van der Waals surface area (Å²) in [6.07, 6.45) is 11.7. The lowest BCUT2D eigenvalue weighted by molar-refractivity contribution is -0.165. The Hall–Kier alpha value is -4.02. The molecule has 8 nitrogen and oxygen atoms in total. The Bertz CT molecular complexity index is 1450. The largest absolute Gasteiger partial charge is 0.455 e. The van der Waals surface area contributed by atoms with Gasteiger partial charge in [-0.3, -0.25) is 0 Å². The molecular weight excluding hydrogens is 569 g/mol. The Kier molecular flexibility index (Phi) is 9.99. The molecule has 0 aliphatic heterocycles. The molecule has 42 heavy (non-hydrogen) atoms. The summed E-state index contributed by atoms with van der Waals surface area (Å²) < 4.78 is 15.3. The van der Waals surface area contributed by atoms with Crippen molar-refractivity contribution in [2.24, 2.45) is 14.1 Å². The van der Waals surface area contributed by atoms with Gasteiger partial charge in [0.15, 0.2) is 10.3 Å². The minimum Gasteiger partial charge on any atom is -0.455 e. The van der Waals surface area contributed by atoms with Crippen LogP contribution in [0.25, 0.3) is 12.2 Å². The van der Waals surface area contributed by atoms with Crippen LogP contribution in [0, 0.1) is 0 Å². The third-order valence-electron chi connectivity index (χ3n) is 6.83. The van der Waals surface area contributed by atoms with Gasteiger partial charge in [-0.2, -0.15) is 0 Å². The lowest BCUT2D eigenvalue weighted by Gasteiger charge is -2.30. The Morgan fingerprint density at radius 2 is 1.12 bits per heavy atom. The molecule has 0 amide bonds. The van der Waals surface area contributed by atoms with Crippen molar-refractivity contribution in [2.45, 2.75) is 58.0 Å². The summed E-state index contributed by atoms with van der Waals surface area (Å²) in [4.78, 5) is 36.5. The van der Waals surface area contributed by atoms with Gasteiger partial charge >= 0.3 is 11.9 Å². The maximum atomic E-state index is 12.7. The molecule has 216 valence electrons. The zero-order valence-electron chi connectivity index (χ0n) is 23.5. The molecule has 0 unspecified atom stereocenters. The topological polar surface area (TPSA) is 88.2 Å². The molecule has 0 bridgehead atoms. The van der Waals surface area contributed by atoms with Gasteiger partial charge in [0.1, 0.15) is 12.2 Å². The van der Waals surface area contributed by atoms with Gasteiger partial charge in [-0.1, -0.05) is 59.9 Å². The van der Waals surface area contributed by atoms with Crippen LogP contribution in [0.15, 0.2) is 105 Å². The molecule has 1 aliphatic rings. The summed E-state index contributed by atoms with van der Waals surface area (Å²) in [5, 5.41) is 1.64. The van der Waals surface area contributed by atoms with Crippen LogP contribution < -0.4 is 0 Å². The summed E-state index contributed by atoms with van der Waals surface area (Å²) >= 11 is 3.10. The number of imidazole rings is 2. The molecule has 0 radical (unpaired) electrons. The average Bonchev–Trinajstić information content (AvgIpc) is 3.53. The fourth-order valence-electron chi connectivity index (χ4n) is 4.51. The smallest absolute Gasteiger partial charge is 0.331 e. The van der Waals surface area contributed by atoms with Crippen LogP contribution in [0.5, 0.6) is 0 Å². The minimum atomic E-state index is -0.491. The van der Waals surface area contributed by atoms with Crippen LogP contribution in [0.3, 0.4) is 0 Å². The fraction of sp³-hybridized carbons (Fsp3) is 0.250. The monoisotopic (exact) mass is 600 g/mol. The highest BCUT2D eigenvalue weighted by atomic mass is 32.2. The Labute approximate surface area is 253 Å². The van der Waals surface area contributed by atoms with Gasteiger partial charge in [0.25, 0.3) is 0 Å². The van der Waals surface area contributed by atoms with Crippen molar-refractivity contribution >= 4 is 47.6 Å². The first-order valence-electron chi connectivity index (χ1n) is 13.7. The second-order valence-electron chi connectivity index (χ2n) is 9.78. The summed E-state index contributed by atoms with van der Waals surface area (Å²) in [6.45, 7) is 0. The summed E-state index contributed by atoms with van der Waals surface area (Å²) in [7, 11) is 3.81. The van der Waals surface area contributed by atoms with Gasteiger partial charge in [0.05, 0.1) is 23.8 Å². The molecule has 0 N–H and O–H groups in total. The number of benzene rings is 2. The summed E-state index contributed by atoms with van der Waals surface area (Å²) in [6, 6.07) is 20.0. The lowest BCUT2D eigenvalue weighted by atomic mass is 9.94. The Morgan fingerprint density at radius 1 is 0.714 bits per heavy atom. The second-order valence-corrected chi connectivity index (χ2v) is 11.9. The van der Waals surface area contributed by atoms with E-state index >= 15 is 0 Å². The van der Waals surface area contributed by atoms with Crippen LogP contribution in [0.1, 0.15) is 37.1 Å². The van der Waals surface area contributed by atoms with Crippen LogP contribution in [0.2, 0.25) is 0 Å². The summed E-state index contributed by atoms with van der Waals surface area (Å²) in [5.41, 5.74) is 1.56. The molecule has 1 fully saturated rings. The van der Waals surface area contributed by atoms with Crippen molar-refractivity contribution < 1.29 is 19.1 Å². The van der Waals surface area contributed by atoms with Crippen molar-refractivity contribution in [3.05, 3.63) is 96.6 Å². The number of esters is 2. The highest BCUT2D eigenvalue weighted by molar-refractivity contribution is 7.99. The predicted octanol–water partition coefficient (Wildman–Crippen LogP) is 6.58. The van der Waals surface area contributed by atoms with Gasteiger partial charge in [-0.05, 0) is 62.1 Å². The molecule has 4 aromatic rings. The molecule has 2 aromatic carbocycles. The van der Waals surface area contributed by atoms with Crippen LogP contribution in [0.4, 0.5) is 0 Å². The molecule has 1 aliphatic carbocycles. The highest BCUT2D eigenvalue weighted by Crippen LogP contribution is 2.28. The van der Waals surface area contributed by atoms with E-state index in [1.54, 1.807) is 48.1 Å². The molecule has 2 heterocycles. The zero-order valence-corrected chi connectivity index (χ0v) is 25.1. The first-order chi connectivity index (χ1) is 20.5. The first-order valence-corrected chi connectivity index (χ1v) is 15.4. The standard InChI is InChI=1S/C32H32N4O4S2/c1-35-23(21-33-31(35)41-25-11-5-3-6-12-25)17-19-29(37)39-27-15-9-10-16-28(27)40-30(38)20-18-24-22-34-32(36(24)2)42-26-13-7-4-8-14-26/h3-8,11-14,17-22,27-28H,9-10,15-16H2,1-2H3/b19-17+,20-18+/t27-,28-/m0/s1. The normalized spacial score (nSPS) is 17.1. The number of carbonyl (C=O) groups excluding carboxylic acids is 2. The molecule has 0 spiro atoms. The maximum absolute atomic E-state index is 12.7. The number of rotatable bonds is 10. The van der Waals surface area contributed by atoms with Crippen LogP contribution >= 0.6 is 23.5 Å². The van der Waals surface area contributed by atoms with E-state index < -0.39 is 24.1 Å². The van der Waals surface area contributed by atoms with Crippen molar-refractivity contribution in [3.8, 4) is 0 Å². The maximum Gasteiger partial charge on any atom is 0.331 e. The van der Waals surface area contributed by atoms with Crippen molar-refractivity contribution in [2.75, 3.05) is 0 Å². The summed E-state index contributed by atoms with van der Waals surface area (Å²) in [5.74, 6) is -0.953. The number of aromatic nitrogens is 4. The van der Waals surface area contributed by atoms with Crippen molar-refractivity contribution in [1.82, 2.24) is 19.1 Å². The van der Waals surface area contributed by atoms with Crippen molar-refractivity contribution in [1.29, 1.82) is 0 Å². The molecule has 5 rings (SSSR count). The van der Waals surface area contributed by atoms with E-state index in [1.807, 2.05) is 83.9 Å². The first kappa shape index (κ1) is 29.5. The quantitative estimate of drug-likeness (QED) is 0.149. The van der Waals surface area contributed by atoms with Crippen LogP contribution in [-0.2, 0) is 33.2 Å². The van der Waals surface area contributed by atoms with Gasteiger partial charge in [0, 0.05) is 36.0 Å². The molecule has 2 atom stereocenters.